The molecule has 1 aromatic rings. The molecule has 1 unspecified atom stereocenters. The molecule has 1 heterocycles. The van der Waals surface area contributed by atoms with Crippen LogP contribution in [-0.2, 0) is 12.8 Å². The van der Waals surface area contributed by atoms with Crippen LogP contribution >= 0.6 is 22.9 Å². The van der Waals surface area contributed by atoms with E-state index in [4.69, 9.17) is 11.6 Å². The summed E-state index contributed by atoms with van der Waals surface area (Å²) >= 11 is 7.49. The van der Waals surface area contributed by atoms with Gasteiger partial charge in [-0.3, -0.25) is 4.79 Å². The molecule has 2 rings (SSSR count). The van der Waals surface area contributed by atoms with Crippen molar-refractivity contribution in [2.24, 2.45) is 5.92 Å². The molecule has 0 N–H and O–H groups in total. The van der Waals surface area contributed by atoms with Crippen molar-refractivity contribution in [2.75, 3.05) is 0 Å². The molecular formula is C21H33ClOS. The molecule has 1 aliphatic rings. The highest BCUT2D eigenvalue weighted by Crippen LogP contribution is 2.32. The Labute approximate surface area is 157 Å². The molecule has 0 saturated carbocycles. The van der Waals surface area contributed by atoms with Crippen LogP contribution in [0.25, 0.3) is 0 Å². The second-order valence-electron chi connectivity index (χ2n) is 7.39. The third-order valence-electron chi connectivity index (χ3n) is 5.48. The van der Waals surface area contributed by atoms with E-state index in [0.717, 1.165) is 24.3 Å². The van der Waals surface area contributed by atoms with Gasteiger partial charge < -0.3 is 0 Å². The van der Waals surface area contributed by atoms with Gasteiger partial charge in [0.05, 0.1) is 0 Å². The molecule has 136 valence electrons. The normalized spacial score (nSPS) is 18.5. The highest BCUT2D eigenvalue weighted by molar-refractivity contribution is 7.10. The van der Waals surface area contributed by atoms with Crippen molar-refractivity contribution >= 4 is 28.2 Å². The van der Waals surface area contributed by atoms with E-state index in [-0.39, 0.29) is 5.24 Å². The van der Waals surface area contributed by atoms with E-state index in [1.807, 2.05) is 5.38 Å². The molecule has 0 amide bonds. The fourth-order valence-corrected chi connectivity index (χ4v) is 5.30. The van der Waals surface area contributed by atoms with Crippen LogP contribution in [-0.4, -0.2) is 5.24 Å². The summed E-state index contributed by atoms with van der Waals surface area (Å²) in [6.07, 6.45) is 18.6. The first-order valence-corrected chi connectivity index (χ1v) is 11.3. The molecule has 0 aliphatic heterocycles. The van der Waals surface area contributed by atoms with Crippen molar-refractivity contribution < 1.29 is 4.79 Å². The van der Waals surface area contributed by atoms with E-state index >= 15 is 0 Å². The summed E-state index contributed by atoms with van der Waals surface area (Å²) in [4.78, 5) is 13.0. The Hall–Kier alpha value is -0.340. The summed E-state index contributed by atoms with van der Waals surface area (Å²) in [6.45, 7) is 2.28. The minimum atomic E-state index is -0.272. The average Bonchev–Trinajstić information content (AvgIpc) is 2.99. The van der Waals surface area contributed by atoms with Crippen LogP contribution in [0.4, 0.5) is 0 Å². The van der Waals surface area contributed by atoms with Gasteiger partial charge in [-0.05, 0) is 48.8 Å². The van der Waals surface area contributed by atoms with Gasteiger partial charge >= 0.3 is 0 Å². The monoisotopic (exact) mass is 368 g/mol. The maximum atomic E-state index is 11.6. The van der Waals surface area contributed by atoms with Gasteiger partial charge in [-0.2, -0.15) is 0 Å². The number of carbonyl (C=O) groups excluding carboxylic acids is 1. The van der Waals surface area contributed by atoms with Crippen LogP contribution < -0.4 is 0 Å². The van der Waals surface area contributed by atoms with Gasteiger partial charge in [0, 0.05) is 15.8 Å². The number of hydrogen-bond acceptors (Lipinski definition) is 2. The first kappa shape index (κ1) is 20.0. The van der Waals surface area contributed by atoms with Gasteiger partial charge in [-0.1, -0.05) is 71.1 Å². The lowest BCUT2D eigenvalue weighted by molar-refractivity contribution is 0.108. The predicted molar refractivity (Wildman–Crippen MR) is 106 cm³/mol. The standard InChI is InChI=1S/C21H33ClOS/c1-2-3-4-5-6-7-8-11-17-12-9-10-13-18-19(21(22)23)16-24-20(18)15-14-17/h16-17H,2-15H2,1H3. The Morgan fingerprint density at radius 3 is 2.58 bits per heavy atom. The van der Waals surface area contributed by atoms with Crippen molar-refractivity contribution in [3.8, 4) is 0 Å². The van der Waals surface area contributed by atoms with E-state index in [1.165, 1.54) is 87.5 Å². The van der Waals surface area contributed by atoms with Gasteiger partial charge in [0.15, 0.2) is 0 Å². The molecule has 1 aromatic heterocycles. The van der Waals surface area contributed by atoms with Gasteiger partial charge in [-0.15, -0.1) is 11.3 Å². The van der Waals surface area contributed by atoms with E-state index in [1.54, 1.807) is 11.3 Å². The van der Waals surface area contributed by atoms with Crippen molar-refractivity contribution in [1.82, 2.24) is 0 Å². The minimum absolute atomic E-state index is 0.272. The highest BCUT2D eigenvalue weighted by Gasteiger charge is 2.19. The Kier molecular flexibility index (Phi) is 9.41. The van der Waals surface area contributed by atoms with Crippen LogP contribution in [0.2, 0.25) is 0 Å². The maximum Gasteiger partial charge on any atom is 0.253 e. The lowest BCUT2D eigenvalue weighted by Gasteiger charge is -2.15. The zero-order valence-corrected chi connectivity index (χ0v) is 16.8. The molecule has 3 heteroatoms. The number of fused-ring (bicyclic) bond motifs is 1. The summed E-state index contributed by atoms with van der Waals surface area (Å²) in [6, 6.07) is 0. The topological polar surface area (TPSA) is 17.1 Å². The fourth-order valence-electron chi connectivity index (χ4n) is 3.96. The molecule has 0 spiro atoms. The molecule has 0 bridgehead atoms. The fraction of sp³-hybridized carbons (Fsp3) is 0.762. The molecule has 0 aromatic carbocycles. The van der Waals surface area contributed by atoms with E-state index in [9.17, 15) is 4.79 Å². The SMILES string of the molecule is CCCCCCCCCC1CCCCc2c(C(=O)Cl)csc2CC1. The van der Waals surface area contributed by atoms with Crippen LogP contribution in [0.5, 0.6) is 0 Å². The van der Waals surface area contributed by atoms with Crippen LogP contribution in [0.1, 0.15) is 105 Å². The number of rotatable bonds is 9. The quantitative estimate of drug-likeness (QED) is 0.325. The summed E-state index contributed by atoms with van der Waals surface area (Å²) in [5, 5.41) is 1.71. The molecular weight excluding hydrogens is 336 g/mol. The van der Waals surface area contributed by atoms with Crippen molar-refractivity contribution in [3.05, 3.63) is 21.4 Å². The lowest BCUT2D eigenvalue weighted by atomic mass is 9.91. The molecule has 0 radical (unpaired) electrons. The van der Waals surface area contributed by atoms with E-state index in [0.29, 0.717) is 0 Å². The maximum absolute atomic E-state index is 11.6. The summed E-state index contributed by atoms with van der Waals surface area (Å²) in [5.74, 6) is 0.879. The van der Waals surface area contributed by atoms with Crippen LogP contribution in [0.3, 0.4) is 0 Å². The number of hydrogen-bond donors (Lipinski definition) is 0. The molecule has 24 heavy (non-hydrogen) atoms. The summed E-state index contributed by atoms with van der Waals surface area (Å²) in [5.41, 5.74) is 2.04. The van der Waals surface area contributed by atoms with Gasteiger partial charge in [0.1, 0.15) is 0 Å². The number of carbonyl (C=O) groups is 1. The first-order valence-electron chi connectivity index (χ1n) is 10.0. The van der Waals surface area contributed by atoms with Crippen molar-refractivity contribution in [3.63, 3.8) is 0 Å². The highest BCUT2D eigenvalue weighted by atomic mass is 35.5. The van der Waals surface area contributed by atoms with Crippen molar-refractivity contribution in [1.29, 1.82) is 0 Å². The number of aryl methyl sites for hydroxylation is 1. The zero-order chi connectivity index (χ0) is 17.2. The average molecular weight is 369 g/mol. The van der Waals surface area contributed by atoms with Gasteiger partial charge in [-0.25, -0.2) is 0 Å². The molecule has 1 nitrogen and oxygen atoms in total. The third-order valence-corrected chi connectivity index (χ3v) is 6.77. The Bertz CT molecular complexity index is 494. The summed E-state index contributed by atoms with van der Waals surface area (Å²) < 4.78 is 0. The smallest absolute Gasteiger partial charge is 0.253 e. The van der Waals surface area contributed by atoms with Gasteiger partial charge in [0.2, 0.25) is 0 Å². The molecule has 0 saturated heterocycles. The van der Waals surface area contributed by atoms with Gasteiger partial charge in [0.25, 0.3) is 5.24 Å². The molecule has 1 aliphatic carbocycles. The van der Waals surface area contributed by atoms with Crippen LogP contribution in [0, 0.1) is 5.92 Å². The largest absolute Gasteiger partial charge is 0.276 e. The Balaban J connectivity index is 1.75. The first-order chi connectivity index (χ1) is 11.7. The second kappa shape index (κ2) is 11.3. The number of thiophene rings is 1. The lowest BCUT2D eigenvalue weighted by Crippen LogP contribution is -2.02. The van der Waals surface area contributed by atoms with Crippen LogP contribution in [0.15, 0.2) is 5.38 Å². The molecule has 1 atom stereocenters. The second-order valence-corrected chi connectivity index (χ2v) is 8.69. The zero-order valence-electron chi connectivity index (χ0n) is 15.2. The minimum Gasteiger partial charge on any atom is -0.276 e. The predicted octanol–water partition coefficient (Wildman–Crippen LogP) is 7.54. The molecule has 0 fully saturated rings. The summed E-state index contributed by atoms with van der Waals surface area (Å²) in [7, 11) is 0. The number of unbranched alkanes of at least 4 members (excludes halogenated alkanes) is 6. The Morgan fingerprint density at radius 2 is 1.83 bits per heavy atom. The number of halogens is 1. The van der Waals surface area contributed by atoms with E-state index < -0.39 is 0 Å². The van der Waals surface area contributed by atoms with Crippen molar-refractivity contribution in [2.45, 2.75) is 96.8 Å². The van der Waals surface area contributed by atoms with E-state index in [2.05, 4.69) is 6.92 Å². The third kappa shape index (κ3) is 6.52. The Morgan fingerprint density at radius 1 is 1.08 bits per heavy atom.